The molecule has 1 aromatic heterocycles. The van der Waals surface area contributed by atoms with Gasteiger partial charge in [0.25, 0.3) is 5.91 Å². The fourth-order valence-corrected chi connectivity index (χ4v) is 4.62. The van der Waals surface area contributed by atoms with Crippen LogP contribution in [0.1, 0.15) is 22.3 Å². The van der Waals surface area contributed by atoms with Crippen LogP contribution < -0.4 is 10.6 Å². The van der Waals surface area contributed by atoms with Gasteiger partial charge in [0, 0.05) is 5.02 Å². The third-order valence-corrected chi connectivity index (χ3v) is 6.31. The molecule has 0 aliphatic rings. The van der Waals surface area contributed by atoms with E-state index >= 15 is 0 Å². The van der Waals surface area contributed by atoms with Crippen LogP contribution in [0, 0.1) is 6.92 Å². The molecule has 1 heterocycles. The number of amides is 2. The zero-order valence-electron chi connectivity index (χ0n) is 15.8. The van der Waals surface area contributed by atoms with Gasteiger partial charge in [0.2, 0.25) is 5.91 Å². The van der Waals surface area contributed by atoms with Crippen molar-refractivity contribution < 1.29 is 9.59 Å². The summed E-state index contributed by atoms with van der Waals surface area (Å²) in [6.45, 7) is 2.01. The molecule has 2 N–H and O–H groups in total. The molecule has 0 saturated carbocycles. The van der Waals surface area contributed by atoms with Gasteiger partial charge >= 0.3 is 0 Å². The van der Waals surface area contributed by atoms with E-state index in [1.807, 2.05) is 31.4 Å². The van der Waals surface area contributed by atoms with Crippen molar-refractivity contribution in [1.82, 2.24) is 10.3 Å². The van der Waals surface area contributed by atoms with E-state index in [4.69, 9.17) is 23.2 Å². The Morgan fingerprint density at radius 3 is 2.72 bits per heavy atom. The van der Waals surface area contributed by atoms with Gasteiger partial charge in [-0.15, -0.1) is 0 Å². The number of carbonyl (C=O) groups excluding carboxylic acids is 2. The third-order valence-electron chi connectivity index (χ3n) is 4.18. The van der Waals surface area contributed by atoms with Crippen LogP contribution in [-0.2, 0) is 4.79 Å². The quantitative estimate of drug-likeness (QED) is 0.487. The summed E-state index contributed by atoms with van der Waals surface area (Å²) >= 11 is 15.0. The summed E-state index contributed by atoms with van der Waals surface area (Å²) in [5.74, 6) is -0.0210. The van der Waals surface area contributed by atoms with Crippen LogP contribution in [0.5, 0.6) is 0 Å². The lowest BCUT2D eigenvalue weighted by Crippen LogP contribution is -2.44. The van der Waals surface area contributed by atoms with Crippen molar-refractivity contribution >= 4 is 73.5 Å². The molecule has 1 atom stereocenters. The Hall–Kier alpha value is -1.80. The number of hydrogen-bond donors (Lipinski definition) is 2. The molecule has 5 nitrogen and oxygen atoms in total. The van der Waals surface area contributed by atoms with Gasteiger partial charge in [0.1, 0.15) is 6.04 Å². The Kier molecular flexibility index (Phi) is 7.40. The van der Waals surface area contributed by atoms with Crippen LogP contribution >= 0.6 is 46.3 Å². The summed E-state index contributed by atoms with van der Waals surface area (Å²) in [7, 11) is 0. The largest absolute Gasteiger partial charge is 0.340 e. The SMILES string of the molecule is CSCCC(NC(=O)c1ccc(Cl)cc1Cl)C(=O)Nc1nc2ccc(C)cc2s1. The maximum atomic E-state index is 12.8. The number of benzene rings is 2. The van der Waals surface area contributed by atoms with E-state index in [-0.39, 0.29) is 16.5 Å². The normalized spacial score (nSPS) is 12.0. The highest BCUT2D eigenvalue weighted by Gasteiger charge is 2.23. The number of anilines is 1. The molecular formula is C20H19Cl2N3O2S2. The predicted octanol–water partition coefficient (Wildman–Crippen LogP) is 5.40. The molecule has 0 aliphatic heterocycles. The Morgan fingerprint density at radius 2 is 2.00 bits per heavy atom. The minimum Gasteiger partial charge on any atom is -0.340 e. The minimum absolute atomic E-state index is 0.237. The van der Waals surface area contributed by atoms with E-state index in [1.54, 1.807) is 23.9 Å². The monoisotopic (exact) mass is 467 g/mol. The standard InChI is InChI=1S/C20H19Cl2N3O2S2/c1-11-3-6-15-17(9-11)29-20(24-15)25-19(27)16(7-8-28-2)23-18(26)13-5-4-12(21)10-14(13)22/h3-6,9-10,16H,7-8H2,1-2H3,(H,23,26)(H,24,25,27). The highest BCUT2D eigenvalue weighted by Crippen LogP contribution is 2.27. The van der Waals surface area contributed by atoms with Crippen molar-refractivity contribution in [3.63, 3.8) is 0 Å². The Labute approximate surface area is 187 Å². The first-order valence-electron chi connectivity index (χ1n) is 8.80. The second-order valence-electron chi connectivity index (χ2n) is 6.41. The van der Waals surface area contributed by atoms with E-state index in [0.717, 1.165) is 15.8 Å². The summed E-state index contributed by atoms with van der Waals surface area (Å²) < 4.78 is 0.998. The maximum Gasteiger partial charge on any atom is 0.253 e. The first-order valence-corrected chi connectivity index (χ1v) is 11.8. The van der Waals surface area contributed by atoms with E-state index < -0.39 is 11.9 Å². The highest BCUT2D eigenvalue weighted by atomic mass is 35.5. The van der Waals surface area contributed by atoms with Crippen molar-refractivity contribution in [2.24, 2.45) is 0 Å². The van der Waals surface area contributed by atoms with Gasteiger partial charge in [-0.1, -0.05) is 40.6 Å². The fraction of sp³-hybridized carbons (Fsp3) is 0.250. The maximum absolute atomic E-state index is 12.8. The van der Waals surface area contributed by atoms with Gasteiger partial charge in [-0.3, -0.25) is 9.59 Å². The smallest absolute Gasteiger partial charge is 0.253 e. The Bertz CT molecular complexity index is 1060. The van der Waals surface area contributed by atoms with Crippen molar-refractivity contribution in [2.45, 2.75) is 19.4 Å². The van der Waals surface area contributed by atoms with Crippen molar-refractivity contribution in [2.75, 3.05) is 17.3 Å². The first kappa shape index (κ1) is 21.9. The van der Waals surface area contributed by atoms with E-state index in [2.05, 4.69) is 15.6 Å². The zero-order valence-corrected chi connectivity index (χ0v) is 18.9. The van der Waals surface area contributed by atoms with Crippen LogP contribution in [-0.4, -0.2) is 34.8 Å². The number of rotatable bonds is 7. The van der Waals surface area contributed by atoms with Gasteiger partial charge in [0.05, 0.1) is 20.8 Å². The molecule has 0 fully saturated rings. The van der Waals surface area contributed by atoms with Gasteiger partial charge in [-0.2, -0.15) is 11.8 Å². The average molecular weight is 468 g/mol. The van der Waals surface area contributed by atoms with Crippen LogP contribution in [0.25, 0.3) is 10.2 Å². The Balaban J connectivity index is 1.75. The lowest BCUT2D eigenvalue weighted by molar-refractivity contribution is -0.118. The zero-order chi connectivity index (χ0) is 21.0. The topological polar surface area (TPSA) is 71.1 Å². The number of thioether (sulfide) groups is 1. The van der Waals surface area contributed by atoms with Crippen molar-refractivity contribution in [1.29, 1.82) is 0 Å². The number of fused-ring (bicyclic) bond motifs is 1. The molecule has 29 heavy (non-hydrogen) atoms. The highest BCUT2D eigenvalue weighted by molar-refractivity contribution is 7.98. The molecule has 0 radical (unpaired) electrons. The van der Waals surface area contributed by atoms with Crippen LogP contribution in [0.4, 0.5) is 5.13 Å². The van der Waals surface area contributed by atoms with E-state index in [0.29, 0.717) is 22.3 Å². The number of nitrogens with one attached hydrogen (secondary N) is 2. The number of thiazole rings is 1. The van der Waals surface area contributed by atoms with Crippen LogP contribution in [0.3, 0.4) is 0 Å². The molecule has 3 aromatic rings. The minimum atomic E-state index is -0.713. The lowest BCUT2D eigenvalue weighted by Gasteiger charge is -2.18. The molecule has 0 bridgehead atoms. The van der Waals surface area contributed by atoms with Crippen molar-refractivity contribution in [3.05, 3.63) is 57.6 Å². The fourth-order valence-electron chi connectivity index (χ4n) is 2.69. The summed E-state index contributed by atoms with van der Waals surface area (Å²) in [6, 6.07) is 9.84. The summed E-state index contributed by atoms with van der Waals surface area (Å²) in [6.07, 6.45) is 2.43. The van der Waals surface area contributed by atoms with E-state index in [1.165, 1.54) is 17.4 Å². The Morgan fingerprint density at radius 1 is 1.21 bits per heavy atom. The molecular weight excluding hydrogens is 449 g/mol. The number of hydrogen-bond acceptors (Lipinski definition) is 5. The molecule has 0 aliphatic carbocycles. The van der Waals surface area contributed by atoms with Gasteiger partial charge in [-0.25, -0.2) is 4.98 Å². The second kappa shape index (κ2) is 9.80. The van der Waals surface area contributed by atoms with Gasteiger partial charge < -0.3 is 10.6 Å². The van der Waals surface area contributed by atoms with Gasteiger partial charge in [-0.05, 0) is 61.2 Å². The number of carbonyl (C=O) groups is 2. The molecule has 0 spiro atoms. The molecule has 3 rings (SSSR count). The molecule has 9 heteroatoms. The number of nitrogens with zero attached hydrogens (tertiary/aromatic N) is 1. The summed E-state index contributed by atoms with van der Waals surface area (Å²) in [5, 5.41) is 6.79. The predicted molar refractivity (Wildman–Crippen MR) is 124 cm³/mol. The number of aryl methyl sites for hydroxylation is 1. The van der Waals surface area contributed by atoms with Crippen LogP contribution in [0.15, 0.2) is 36.4 Å². The van der Waals surface area contributed by atoms with E-state index in [9.17, 15) is 9.59 Å². The van der Waals surface area contributed by atoms with Crippen molar-refractivity contribution in [3.8, 4) is 0 Å². The summed E-state index contributed by atoms with van der Waals surface area (Å²) in [4.78, 5) is 29.9. The second-order valence-corrected chi connectivity index (χ2v) is 9.27. The third kappa shape index (κ3) is 5.63. The molecule has 152 valence electrons. The first-order chi connectivity index (χ1) is 13.9. The summed E-state index contributed by atoms with van der Waals surface area (Å²) in [5.41, 5.74) is 2.23. The average Bonchev–Trinajstić information content (AvgIpc) is 3.05. The lowest BCUT2D eigenvalue weighted by atomic mass is 10.1. The molecule has 1 unspecified atom stereocenters. The number of halogens is 2. The molecule has 2 aromatic carbocycles. The number of aromatic nitrogens is 1. The van der Waals surface area contributed by atoms with Crippen LogP contribution in [0.2, 0.25) is 10.0 Å². The van der Waals surface area contributed by atoms with Gasteiger partial charge in [0.15, 0.2) is 5.13 Å². The molecule has 0 saturated heterocycles. The molecule has 2 amide bonds.